The van der Waals surface area contributed by atoms with Gasteiger partial charge in [0.2, 0.25) is 5.78 Å². The van der Waals surface area contributed by atoms with E-state index in [1.165, 1.54) is 30.1 Å². The Hall–Kier alpha value is -2.41. The normalized spacial score (nSPS) is 19.0. The molecule has 7 nitrogen and oxygen atoms in total. The van der Waals surface area contributed by atoms with Gasteiger partial charge in [0.15, 0.2) is 0 Å². The van der Waals surface area contributed by atoms with Gasteiger partial charge < -0.3 is 5.11 Å². The number of rotatable bonds is 2. The van der Waals surface area contributed by atoms with Crippen LogP contribution in [-0.2, 0) is 14.4 Å². The number of nitrogens with one attached hydrogen (secondary N) is 1. The van der Waals surface area contributed by atoms with Crippen molar-refractivity contribution in [3.05, 3.63) is 28.8 Å². The SMILES string of the molecule is CC1C(=O)C(=O)C(=O)NN1c1ccc(C(=O)O)c(Cl)c1. The van der Waals surface area contributed by atoms with Crippen LogP contribution in [0.4, 0.5) is 5.69 Å². The van der Waals surface area contributed by atoms with Crippen LogP contribution in [0.25, 0.3) is 0 Å². The molecular weight excluding hydrogens is 288 g/mol. The van der Waals surface area contributed by atoms with Gasteiger partial charge in [-0.2, -0.15) is 0 Å². The first-order chi connectivity index (χ1) is 9.32. The van der Waals surface area contributed by atoms with Gasteiger partial charge in [0.05, 0.1) is 16.3 Å². The van der Waals surface area contributed by atoms with E-state index in [9.17, 15) is 19.2 Å². The number of carboxylic acid groups (broad SMARTS) is 1. The van der Waals surface area contributed by atoms with Crippen molar-refractivity contribution in [3.8, 4) is 0 Å². The second-order valence-electron chi connectivity index (χ2n) is 4.15. The molecule has 1 unspecified atom stereocenters. The van der Waals surface area contributed by atoms with Crippen LogP contribution in [0.3, 0.4) is 0 Å². The lowest BCUT2D eigenvalue weighted by Gasteiger charge is -2.33. The summed E-state index contributed by atoms with van der Waals surface area (Å²) in [7, 11) is 0. The number of hydrogen-bond acceptors (Lipinski definition) is 5. The van der Waals surface area contributed by atoms with Crippen molar-refractivity contribution in [1.82, 2.24) is 5.43 Å². The third kappa shape index (κ3) is 2.23. The molecule has 1 aromatic carbocycles. The van der Waals surface area contributed by atoms with E-state index < -0.39 is 29.5 Å². The molecule has 0 saturated carbocycles. The first kappa shape index (κ1) is 14.0. The Labute approximate surface area is 118 Å². The molecule has 1 atom stereocenters. The number of Topliss-reactive ketones (excluding diaryl/α,β-unsaturated/α-hetero) is 2. The molecule has 2 N–H and O–H groups in total. The van der Waals surface area contributed by atoms with E-state index in [0.29, 0.717) is 5.69 Å². The maximum Gasteiger partial charge on any atom is 0.337 e. The number of hydrazine groups is 1. The van der Waals surface area contributed by atoms with Gasteiger partial charge in [-0.1, -0.05) is 11.6 Å². The largest absolute Gasteiger partial charge is 0.478 e. The van der Waals surface area contributed by atoms with Gasteiger partial charge in [-0.05, 0) is 25.1 Å². The molecule has 1 saturated heterocycles. The summed E-state index contributed by atoms with van der Waals surface area (Å²) < 4.78 is 0. The zero-order chi connectivity index (χ0) is 15.0. The molecule has 0 radical (unpaired) electrons. The van der Waals surface area contributed by atoms with Gasteiger partial charge >= 0.3 is 11.9 Å². The molecule has 1 aliphatic heterocycles. The Morgan fingerprint density at radius 2 is 2.00 bits per heavy atom. The Morgan fingerprint density at radius 3 is 2.55 bits per heavy atom. The Bertz CT molecular complexity index is 643. The van der Waals surface area contributed by atoms with Crippen LogP contribution in [0.5, 0.6) is 0 Å². The Kier molecular flexibility index (Phi) is 3.46. The van der Waals surface area contributed by atoms with Crippen molar-refractivity contribution < 1.29 is 24.3 Å². The van der Waals surface area contributed by atoms with E-state index in [-0.39, 0.29) is 10.6 Å². The summed E-state index contributed by atoms with van der Waals surface area (Å²) in [5.74, 6) is -4.18. The maximum atomic E-state index is 11.6. The lowest BCUT2D eigenvalue weighted by Crippen LogP contribution is -2.61. The second-order valence-corrected chi connectivity index (χ2v) is 4.56. The summed E-state index contributed by atoms with van der Waals surface area (Å²) in [5, 5.41) is 10.0. The van der Waals surface area contributed by atoms with Gasteiger partial charge in [-0.15, -0.1) is 0 Å². The number of ketones is 2. The number of aromatic carboxylic acids is 1. The number of amides is 1. The third-order valence-corrected chi connectivity index (χ3v) is 3.19. The van der Waals surface area contributed by atoms with Gasteiger partial charge in [0, 0.05) is 0 Å². The minimum Gasteiger partial charge on any atom is -0.478 e. The summed E-state index contributed by atoms with van der Waals surface area (Å²) in [4.78, 5) is 45.0. The van der Waals surface area contributed by atoms with Gasteiger partial charge in [0.25, 0.3) is 5.78 Å². The number of carbonyl (C=O) groups excluding carboxylic acids is 3. The monoisotopic (exact) mass is 296 g/mol. The summed E-state index contributed by atoms with van der Waals surface area (Å²) in [6.45, 7) is 1.44. The van der Waals surface area contributed by atoms with Crippen molar-refractivity contribution in [3.63, 3.8) is 0 Å². The van der Waals surface area contributed by atoms with Crippen molar-refractivity contribution in [2.24, 2.45) is 0 Å². The Balaban J connectivity index is 2.39. The van der Waals surface area contributed by atoms with Crippen molar-refractivity contribution >= 4 is 40.7 Å². The van der Waals surface area contributed by atoms with E-state index in [1.54, 1.807) is 0 Å². The molecule has 1 fully saturated rings. The molecule has 1 aliphatic rings. The van der Waals surface area contributed by atoms with E-state index in [2.05, 4.69) is 5.43 Å². The summed E-state index contributed by atoms with van der Waals surface area (Å²) in [6, 6.07) is 3.03. The first-order valence-corrected chi connectivity index (χ1v) is 5.92. The zero-order valence-corrected chi connectivity index (χ0v) is 11.0. The van der Waals surface area contributed by atoms with Crippen LogP contribution in [-0.4, -0.2) is 34.6 Å². The molecule has 1 aromatic rings. The fraction of sp³-hybridized carbons (Fsp3) is 0.167. The standard InChI is InChI=1S/C12H9ClN2O5/c1-5-9(16)10(17)11(18)14-15(5)6-2-3-7(12(19)20)8(13)4-6/h2-5H,1H3,(H,14,18)(H,19,20). The highest BCUT2D eigenvalue weighted by molar-refractivity contribution is 6.65. The number of hydrogen-bond donors (Lipinski definition) is 2. The highest BCUT2D eigenvalue weighted by atomic mass is 35.5. The number of anilines is 1. The topological polar surface area (TPSA) is 104 Å². The van der Waals surface area contributed by atoms with Crippen molar-refractivity contribution in [2.45, 2.75) is 13.0 Å². The van der Waals surface area contributed by atoms with Crippen LogP contribution in [0, 0.1) is 0 Å². The van der Waals surface area contributed by atoms with E-state index in [0.717, 1.165) is 0 Å². The Morgan fingerprint density at radius 1 is 1.35 bits per heavy atom. The number of carbonyl (C=O) groups is 4. The first-order valence-electron chi connectivity index (χ1n) is 5.54. The second kappa shape index (κ2) is 4.93. The molecule has 104 valence electrons. The average Bonchev–Trinajstić information content (AvgIpc) is 2.40. The smallest absolute Gasteiger partial charge is 0.337 e. The van der Waals surface area contributed by atoms with Gasteiger partial charge in [0.1, 0.15) is 6.04 Å². The van der Waals surface area contributed by atoms with Crippen LogP contribution >= 0.6 is 11.6 Å². The van der Waals surface area contributed by atoms with Crippen molar-refractivity contribution in [1.29, 1.82) is 0 Å². The highest BCUT2D eigenvalue weighted by Crippen LogP contribution is 2.25. The molecule has 8 heteroatoms. The lowest BCUT2D eigenvalue weighted by atomic mass is 10.1. The van der Waals surface area contributed by atoms with E-state index >= 15 is 0 Å². The fourth-order valence-corrected chi connectivity index (χ4v) is 2.05. The summed E-state index contributed by atoms with van der Waals surface area (Å²) in [6.07, 6.45) is 0. The van der Waals surface area contributed by atoms with Gasteiger partial charge in [-0.3, -0.25) is 24.8 Å². The zero-order valence-electron chi connectivity index (χ0n) is 10.2. The average molecular weight is 297 g/mol. The number of halogens is 1. The summed E-state index contributed by atoms with van der Waals surface area (Å²) >= 11 is 5.82. The maximum absolute atomic E-state index is 11.6. The molecule has 2 rings (SSSR count). The summed E-state index contributed by atoms with van der Waals surface area (Å²) in [5.41, 5.74) is 2.46. The van der Waals surface area contributed by atoms with Crippen LogP contribution in [0.1, 0.15) is 17.3 Å². The van der Waals surface area contributed by atoms with Crippen LogP contribution in [0.15, 0.2) is 18.2 Å². The van der Waals surface area contributed by atoms with E-state index in [4.69, 9.17) is 16.7 Å². The molecule has 20 heavy (non-hydrogen) atoms. The molecule has 0 aliphatic carbocycles. The minimum absolute atomic E-state index is 0.0409. The minimum atomic E-state index is -1.19. The predicted octanol–water partition coefficient (Wildman–Crippen LogP) is 0.416. The molecule has 0 bridgehead atoms. The lowest BCUT2D eigenvalue weighted by molar-refractivity contribution is -0.147. The molecule has 0 spiro atoms. The fourth-order valence-electron chi connectivity index (χ4n) is 1.79. The molecule has 1 heterocycles. The highest BCUT2D eigenvalue weighted by Gasteiger charge is 2.38. The quantitative estimate of drug-likeness (QED) is 0.766. The number of carboxylic acids is 1. The number of nitrogens with zero attached hydrogens (tertiary/aromatic N) is 1. The van der Waals surface area contributed by atoms with E-state index in [1.807, 2.05) is 0 Å². The molecule has 0 aromatic heterocycles. The van der Waals surface area contributed by atoms with Crippen molar-refractivity contribution in [2.75, 3.05) is 5.01 Å². The van der Waals surface area contributed by atoms with Crippen LogP contribution < -0.4 is 10.4 Å². The molecular formula is C12H9ClN2O5. The predicted molar refractivity (Wildman–Crippen MR) is 68.5 cm³/mol. The van der Waals surface area contributed by atoms with Crippen LogP contribution in [0.2, 0.25) is 5.02 Å². The van der Waals surface area contributed by atoms with Gasteiger partial charge in [-0.25, -0.2) is 4.79 Å². The number of benzene rings is 1. The molecule has 1 amide bonds. The third-order valence-electron chi connectivity index (χ3n) is 2.88.